The molecule has 0 aromatic carbocycles. The van der Waals surface area contributed by atoms with Crippen molar-refractivity contribution in [3.8, 4) is 0 Å². The van der Waals surface area contributed by atoms with Crippen molar-refractivity contribution in [2.45, 2.75) is 6.18 Å². The van der Waals surface area contributed by atoms with Gasteiger partial charge in [0.15, 0.2) is 0 Å². The molecule has 0 heterocycles. The van der Waals surface area contributed by atoms with Crippen molar-refractivity contribution in [1.29, 1.82) is 0 Å². The zero-order valence-corrected chi connectivity index (χ0v) is 4.27. The largest absolute Gasteiger partial charge is 0.430 e. The molecule has 9 heavy (non-hydrogen) atoms. The van der Waals surface area contributed by atoms with Crippen LogP contribution in [0, 0.1) is 0 Å². The van der Waals surface area contributed by atoms with Gasteiger partial charge in [0, 0.05) is 6.08 Å². The normalized spacial score (nSPS) is 13.4. The third-order valence-electron chi connectivity index (χ3n) is 0.575. The molecule has 2 nitrogen and oxygen atoms in total. The number of halogens is 3. The maximum absolute atomic E-state index is 11.3. The smallest absolute Gasteiger partial charge is 0.395 e. The Morgan fingerprint density at radius 3 is 2.00 bits per heavy atom. The fraction of sp³-hybridized carbons (Fsp3) is 0.250. The highest BCUT2D eigenvalue weighted by Gasteiger charge is 2.30. The van der Waals surface area contributed by atoms with E-state index in [-0.39, 0.29) is 12.4 Å². The van der Waals surface area contributed by atoms with E-state index in [4.69, 9.17) is 0 Å². The summed E-state index contributed by atoms with van der Waals surface area (Å²) in [5, 5.41) is 0. The van der Waals surface area contributed by atoms with Gasteiger partial charge in [-0.15, -0.1) is 0 Å². The minimum atomic E-state index is -4.58. The molecule has 0 saturated heterocycles. The Morgan fingerprint density at radius 2 is 1.89 bits per heavy atom. The number of aldehydes is 1. The fourth-order valence-electron chi connectivity index (χ4n) is 0.168. The molecule has 0 fully saturated rings. The van der Waals surface area contributed by atoms with E-state index < -0.39 is 11.9 Å². The third-order valence-corrected chi connectivity index (χ3v) is 0.575. The van der Waals surface area contributed by atoms with Crippen molar-refractivity contribution in [1.82, 2.24) is 0 Å². The van der Waals surface area contributed by atoms with Crippen LogP contribution in [0.3, 0.4) is 0 Å². The summed E-state index contributed by atoms with van der Waals surface area (Å²) in [5.74, 6) is 0. The molecule has 0 bridgehead atoms. The first-order valence-corrected chi connectivity index (χ1v) is 1.96. The van der Waals surface area contributed by atoms with Gasteiger partial charge in [-0.1, -0.05) is 0 Å². The molecule has 0 aliphatic rings. The fourth-order valence-corrected chi connectivity index (χ4v) is 0.168. The van der Waals surface area contributed by atoms with Crippen molar-refractivity contribution in [2.24, 2.45) is 5.73 Å². The Bertz CT molecular complexity index is 137. The average molecular weight is 139 g/mol. The van der Waals surface area contributed by atoms with Crippen molar-refractivity contribution in [2.75, 3.05) is 0 Å². The maximum atomic E-state index is 11.3. The van der Waals surface area contributed by atoms with Crippen molar-refractivity contribution in [3.63, 3.8) is 0 Å². The molecule has 0 saturated carbocycles. The Labute approximate surface area is 49.1 Å². The summed E-state index contributed by atoms with van der Waals surface area (Å²) in [7, 11) is 0. The number of allylic oxidation sites excluding steroid dienone is 2. The van der Waals surface area contributed by atoms with Gasteiger partial charge in [0.2, 0.25) is 0 Å². The lowest BCUT2D eigenvalue weighted by Gasteiger charge is -2.02. The van der Waals surface area contributed by atoms with Crippen molar-refractivity contribution >= 4 is 6.29 Å². The van der Waals surface area contributed by atoms with Gasteiger partial charge < -0.3 is 5.73 Å². The van der Waals surface area contributed by atoms with Crippen LogP contribution in [0.25, 0.3) is 0 Å². The topological polar surface area (TPSA) is 43.1 Å². The predicted octanol–water partition coefficient (Wildman–Crippen LogP) is 0.590. The SMILES string of the molecule is NC(=CC=O)C(F)(F)F. The summed E-state index contributed by atoms with van der Waals surface area (Å²) < 4.78 is 33.9. The number of carbonyl (C=O) groups excluding carboxylic acids is 1. The van der Waals surface area contributed by atoms with E-state index in [1.54, 1.807) is 0 Å². The molecule has 0 radical (unpaired) electrons. The minimum Gasteiger partial charge on any atom is -0.395 e. The highest BCUT2D eigenvalue weighted by atomic mass is 19.4. The van der Waals surface area contributed by atoms with Crippen molar-refractivity contribution < 1.29 is 18.0 Å². The standard InChI is InChI=1S/C4H4F3NO/c5-4(6,7)3(8)1-2-9/h1-2H,8H2. The van der Waals surface area contributed by atoms with Gasteiger partial charge in [-0.2, -0.15) is 13.2 Å². The summed E-state index contributed by atoms with van der Waals surface area (Å²) in [6.07, 6.45) is -4.33. The molecule has 0 unspecified atom stereocenters. The Hall–Kier alpha value is -1.00. The molecular weight excluding hydrogens is 135 g/mol. The molecule has 52 valence electrons. The van der Waals surface area contributed by atoms with Crippen LogP contribution < -0.4 is 5.73 Å². The Morgan fingerprint density at radius 1 is 1.44 bits per heavy atom. The molecule has 0 aliphatic carbocycles. The van der Waals surface area contributed by atoms with Gasteiger partial charge in [0.25, 0.3) is 0 Å². The maximum Gasteiger partial charge on any atom is 0.430 e. The quantitative estimate of drug-likeness (QED) is 0.426. The Kier molecular flexibility index (Phi) is 2.24. The van der Waals surface area contributed by atoms with E-state index in [2.05, 4.69) is 5.73 Å². The lowest BCUT2D eigenvalue weighted by molar-refractivity contribution is -0.106. The van der Waals surface area contributed by atoms with Gasteiger partial charge >= 0.3 is 6.18 Å². The summed E-state index contributed by atoms with van der Waals surface area (Å²) in [6.45, 7) is 0. The number of nitrogens with two attached hydrogens (primary N) is 1. The van der Waals surface area contributed by atoms with Crippen LogP contribution >= 0.6 is 0 Å². The van der Waals surface area contributed by atoms with Gasteiger partial charge in [0.1, 0.15) is 12.0 Å². The molecule has 0 aromatic heterocycles. The van der Waals surface area contributed by atoms with Crippen molar-refractivity contribution in [3.05, 3.63) is 11.8 Å². The summed E-state index contributed by atoms with van der Waals surface area (Å²) in [5.41, 5.74) is 2.99. The van der Waals surface area contributed by atoms with Gasteiger partial charge in [-0.25, -0.2) is 0 Å². The average Bonchev–Trinajstić information content (AvgIpc) is 1.64. The zero-order chi connectivity index (χ0) is 7.49. The second-order valence-corrected chi connectivity index (χ2v) is 1.26. The van der Waals surface area contributed by atoms with E-state index in [0.29, 0.717) is 0 Å². The highest BCUT2D eigenvalue weighted by molar-refractivity contribution is 5.66. The second kappa shape index (κ2) is 2.52. The van der Waals surface area contributed by atoms with Gasteiger partial charge in [0.05, 0.1) is 0 Å². The molecule has 0 spiro atoms. The highest BCUT2D eigenvalue weighted by Crippen LogP contribution is 2.20. The van der Waals surface area contributed by atoms with E-state index in [9.17, 15) is 18.0 Å². The minimum absolute atomic E-state index is 0.0111. The first kappa shape index (κ1) is 8.00. The van der Waals surface area contributed by atoms with Crippen LogP contribution in [0.15, 0.2) is 11.8 Å². The number of rotatable bonds is 1. The molecule has 0 aliphatic heterocycles. The molecule has 0 amide bonds. The van der Waals surface area contributed by atoms with E-state index in [1.807, 2.05) is 0 Å². The number of alkyl halides is 3. The molecule has 0 rings (SSSR count). The molecule has 5 heteroatoms. The molecular formula is C4H4F3NO. The van der Waals surface area contributed by atoms with E-state index in [1.165, 1.54) is 0 Å². The predicted molar refractivity (Wildman–Crippen MR) is 24.4 cm³/mol. The molecule has 2 N–H and O–H groups in total. The number of hydrogen-bond donors (Lipinski definition) is 1. The lowest BCUT2D eigenvalue weighted by atomic mass is 10.4. The van der Waals surface area contributed by atoms with Gasteiger partial charge in [-0.3, -0.25) is 4.79 Å². The second-order valence-electron chi connectivity index (χ2n) is 1.26. The summed E-state index contributed by atoms with van der Waals surface area (Å²) in [4.78, 5) is 9.41. The van der Waals surface area contributed by atoms with Gasteiger partial charge in [-0.05, 0) is 0 Å². The number of carbonyl (C=O) groups is 1. The van der Waals surface area contributed by atoms with Crippen LogP contribution in [-0.4, -0.2) is 12.5 Å². The monoisotopic (exact) mass is 139 g/mol. The molecule has 0 atom stereocenters. The molecule has 0 aromatic rings. The third kappa shape index (κ3) is 2.73. The van der Waals surface area contributed by atoms with E-state index in [0.717, 1.165) is 0 Å². The first-order valence-electron chi connectivity index (χ1n) is 1.96. The number of hydrogen-bond acceptors (Lipinski definition) is 2. The van der Waals surface area contributed by atoms with E-state index >= 15 is 0 Å². The summed E-state index contributed by atoms with van der Waals surface area (Å²) in [6, 6.07) is 0. The van der Waals surface area contributed by atoms with Crippen LogP contribution in [0.5, 0.6) is 0 Å². The lowest BCUT2D eigenvalue weighted by Crippen LogP contribution is -2.19. The van der Waals surface area contributed by atoms with Crippen LogP contribution in [-0.2, 0) is 4.79 Å². The Balaban J connectivity index is 4.19. The zero-order valence-electron chi connectivity index (χ0n) is 4.27. The van der Waals surface area contributed by atoms with Crippen LogP contribution in [0.2, 0.25) is 0 Å². The van der Waals surface area contributed by atoms with Crippen LogP contribution in [0.4, 0.5) is 13.2 Å². The van der Waals surface area contributed by atoms with Crippen LogP contribution in [0.1, 0.15) is 0 Å². The summed E-state index contributed by atoms with van der Waals surface area (Å²) >= 11 is 0. The first-order chi connectivity index (χ1) is 3.98.